The SMILES string of the molecule is CC[C@@H](O)Cn1ncnc1-c1cccc(Cl)c1. The maximum Gasteiger partial charge on any atom is 0.158 e. The van der Waals surface area contributed by atoms with E-state index in [4.69, 9.17) is 11.6 Å². The number of benzene rings is 1. The molecule has 0 amide bonds. The van der Waals surface area contributed by atoms with Gasteiger partial charge < -0.3 is 5.11 Å². The molecular formula is C12H14ClN3O. The fourth-order valence-electron chi connectivity index (χ4n) is 1.58. The van der Waals surface area contributed by atoms with Crippen molar-refractivity contribution in [3.05, 3.63) is 35.6 Å². The van der Waals surface area contributed by atoms with Crippen LogP contribution in [0, 0.1) is 0 Å². The highest BCUT2D eigenvalue weighted by atomic mass is 35.5. The van der Waals surface area contributed by atoms with E-state index in [0.717, 1.165) is 11.4 Å². The van der Waals surface area contributed by atoms with Gasteiger partial charge in [0.25, 0.3) is 0 Å². The molecule has 90 valence electrons. The standard InChI is InChI=1S/C12H14ClN3O/c1-2-11(17)7-16-12(14-8-15-16)9-4-3-5-10(13)6-9/h3-6,8,11,17H,2,7H2,1H3/t11-/m1/s1. The summed E-state index contributed by atoms with van der Waals surface area (Å²) in [6, 6.07) is 7.44. The Labute approximate surface area is 105 Å². The predicted octanol–water partition coefficient (Wildman–Crippen LogP) is 2.37. The van der Waals surface area contributed by atoms with Crippen LogP contribution in [0.5, 0.6) is 0 Å². The Bertz CT molecular complexity index is 498. The Balaban J connectivity index is 2.30. The van der Waals surface area contributed by atoms with Crippen LogP contribution in [0.3, 0.4) is 0 Å². The summed E-state index contributed by atoms with van der Waals surface area (Å²) in [5.74, 6) is 0.722. The average molecular weight is 252 g/mol. The van der Waals surface area contributed by atoms with Gasteiger partial charge in [-0.15, -0.1) is 0 Å². The molecule has 2 rings (SSSR count). The Hall–Kier alpha value is -1.39. The molecule has 0 aliphatic rings. The van der Waals surface area contributed by atoms with Crippen LogP contribution in [0.25, 0.3) is 11.4 Å². The minimum atomic E-state index is -0.408. The second-order valence-electron chi connectivity index (χ2n) is 3.84. The Morgan fingerprint density at radius 1 is 1.47 bits per heavy atom. The van der Waals surface area contributed by atoms with Gasteiger partial charge in [-0.1, -0.05) is 30.7 Å². The fraction of sp³-hybridized carbons (Fsp3) is 0.333. The first-order valence-corrected chi connectivity index (χ1v) is 5.90. The molecule has 1 aromatic carbocycles. The van der Waals surface area contributed by atoms with E-state index in [1.807, 2.05) is 31.2 Å². The lowest BCUT2D eigenvalue weighted by Gasteiger charge is -2.10. The number of hydrogen-bond acceptors (Lipinski definition) is 3. The summed E-state index contributed by atoms with van der Waals surface area (Å²) >= 11 is 5.94. The molecule has 4 nitrogen and oxygen atoms in total. The lowest BCUT2D eigenvalue weighted by molar-refractivity contribution is 0.146. The first-order valence-electron chi connectivity index (χ1n) is 5.52. The van der Waals surface area contributed by atoms with Gasteiger partial charge in [-0.2, -0.15) is 5.10 Å². The topological polar surface area (TPSA) is 50.9 Å². The Morgan fingerprint density at radius 3 is 3.00 bits per heavy atom. The summed E-state index contributed by atoms with van der Waals surface area (Å²) in [6.07, 6.45) is 1.77. The van der Waals surface area contributed by atoms with Gasteiger partial charge in [-0.05, 0) is 18.6 Å². The van der Waals surface area contributed by atoms with Crippen molar-refractivity contribution in [1.82, 2.24) is 14.8 Å². The van der Waals surface area contributed by atoms with Crippen LogP contribution >= 0.6 is 11.6 Å². The number of nitrogens with zero attached hydrogens (tertiary/aromatic N) is 3. The summed E-state index contributed by atoms with van der Waals surface area (Å²) in [7, 11) is 0. The maximum absolute atomic E-state index is 9.64. The summed E-state index contributed by atoms with van der Waals surface area (Å²) in [5.41, 5.74) is 0.901. The zero-order valence-electron chi connectivity index (χ0n) is 9.55. The van der Waals surface area contributed by atoms with Gasteiger partial charge in [0.2, 0.25) is 0 Å². The number of aliphatic hydroxyl groups excluding tert-OH is 1. The van der Waals surface area contributed by atoms with Crippen molar-refractivity contribution in [2.75, 3.05) is 0 Å². The van der Waals surface area contributed by atoms with Crippen molar-refractivity contribution in [2.45, 2.75) is 26.0 Å². The molecule has 2 aromatic rings. The Kier molecular flexibility index (Phi) is 3.76. The van der Waals surface area contributed by atoms with Gasteiger partial charge in [0.05, 0.1) is 12.6 Å². The van der Waals surface area contributed by atoms with Crippen molar-refractivity contribution in [1.29, 1.82) is 0 Å². The van der Waals surface area contributed by atoms with Crippen LogP contribution in [0.1, 0.15) is 13.3 Å². The van der Waals surface area contributed by atoms with Crippen LogP contribution in [-0.2, 0) is 6.54 Å². The highest BCUT2D eigenvalue weighted by Crippen LogP contribution is 2.20. The third kappa shape index (κ3) is 2.84. The smallest absolute Gasteiger partial charge is 0.158 e. The number of hydrogen-bond donors (Lipinski definition) is 1. The molecule has 5 heteroatoms. The largest absolute Gasteiger partial charge is 0.391 e. The minimum Gasteiger partial charge on any atom is -0.391 e. The third-order valence-electron chi connectivity index (χ3n) is 2.55. The second kappa shape index (κ2) is 5.29. The monoisotopic (exact) mass is 251 g/mol. The second-order valence-corrected chi connectivity index (χ2v) is 4.27. The highest BCUT2D eigenvalue weighted by molar-refractivity contribution is 6.30. The molecule has 1 N–H and O–H groups in total. The lowest BCUT2D eigenvalue weighted by atomic mass is 10.2. The van der Waals surface area contributed by atoms with E-state index in [1.54, 1.807) is 4.68 Å². The third-order valence-corrected chi connectivity index (χ3v) is 2.79. The number of rotatable bonds is 4. The molecule has 0 spiro atoms. The van der Waals surface area contributed by atoms with Crippen LogP contribution < -0.4 is 0 Å². The van der Waals surface area contributed by atoms with Crippen LogP contribution in [-0.4, -0.2) is 26.0 Å². The first kappa shape index (κ1) is 12.1. The van der Waals surface area contributed by atoms with E-state index in [-0.39, 0.29) is 0 Å². The van der Waals surface area contributed by atoms with E-state index < -0.39 is 6.10 Å². The van der Waals surface area contributed by atoms with Crippen molar-refractivity contribution >= 4 is 11.6 Å². The van der Waals surface area contributed by atoms with Crippen LogP contribution in [0.2, 0.25) is 5.02 Å². The zero-order valence-corrected chi connectivity index (χ0v) is 10.3. The van der Waals surface area contributed by atoms with Gasteiger partial charge in [0.1, 0.15) is 6.33 Å². The zero-order chi connectivity index (χ0) is 12.3. The van der Waals surface area contributed by atoms with Crippen molar-refractivity contribution in [2.24, 2.45) is 0 Å². The number of aromatic nitrogens is 3. The number of aliphatic hydroxyl groups is 1. The van der Waals surface area contributed by atoms with Gasteiger partial charge in [-0.3, -0.25) is 0 Å². The number of halogens is 1. The van der Waals surface area contributed by atoms with Crippen molar-refractivity contribution in [3.8, 4) is 11.4 Å². The molecule has 0 radical (unpaired) electrons. The average Bonchev–Trinajstić information content (AvgIpc) is 2.77. The van der Waals surface area contributed by atoms with E-state index >= 15 is 0 Å². The van der Waals surface area contributed by atoms with Crippen LogP contribution in [0.4, 0.5) is 0 Å². The molecule has 1 aromatic heterocycles. The molecule has 0 bridgehead atoms. The summed E-state index contributed by atoms with van der Waals surface area (Å²) in [4.78, 5) is 4.20. The molecule has 0 unspecified atom stereocenters. The molecule has 1 heterocycles. The molecule has 17 heavy (non-hydrogen) atoms. The van der Waals surface area contributed by atoms with E-state index in [9.17, 15) is 5.11 Å². The molecular weight excluding hydrogens is 238 g/mol. The summed E-state index contributed by atoms with van der Waals surface area (Å²) in [6.45, 7) is 2.37. The fourth-order valence-corrected chi connectivity index (χ4v) is 1.77. The quantitative estimate of drug-likeness (QED) is 0.908. The predicted molar refractivity (Wildman–Crippen MR) is 66.8 cm³/mol. The minimum absolute atomic E-state index is 0.408. The lowest BCUT2D eigenvalue weighted by Crippen LogP contribution is -2.16. The Morgan fingerprint density at radius 2 is 2.29 bits per heavy atom. The van der Waals surface area contributed by atoms with Crippen molar-refractivity contribution < 1.29 is 5.11 Å². The van der Waals surface area contributed by atoms with E-state index in [0.29, 0.717) is 18.0 Å². The van der Waals surface area contributed by atoms with Gasteiger partial charge in [0, 0.05) is 10.6 Å². The molecule has 0 fully saturated rings. The summed E-state index contributed by atoms with van der Waals surface area (Å²) in [5, 5.41) is 14.4. The highest BCUT2D eigenvalue weighted by Gasteiger charge is 2.10. The van der Waals surface area contributed by atoms with Crippen LogP contribution in [0.15, 0.2) is 30.6 Å². The summed E-state index contributed by atoms with van der Waals surface area (Å²) < 4.78 is 1.69. The van der Waals surface area contributed by atoms with Gasteiger partial charge in [-0.25, -0.2) is 9.67 Å². The molecule has 0 saturated carbocycles. The maximum atomic E-state index is 9.64. The first-order chi connectivity index (χ1) is 8.20. The normalized spacial score (nSPS) is 12.6. The van der Waals surface area contributed by atoms with Gasteiger partial charge >= 0.3 is 0 Å². The van der Waals surface area contributed by atoms with E-state index in [1.165, 1.54) is 6.33 Å². The van der Waals surface area contributed by atoms with Crippen molar-refractivity contribution in [3.63, 3.8) is 0 Å². The van der Waals surface area contributed by atoms with Gasteiger partial charge in [0.15, 0.2) is 5.82 Å². The van der Waals surface area contributed by atoms with E-state index in [2.05, 4.69) is 10.1 Å². The molecule has 0 aliphatic heterocycles. The molecule has 1 atom stereocenters. The molecule has 0 aliphatic carbocycles. The molecule has 0 saturated heterocycles.